The minimum Gasteiger partial charge on any atom is -0.335 e. The summed E-state index contributed by atoms with van der Waals surface area (Å²) in [5.74, 6) is 0. The average molecular weight is 468 g/mol. The number of nitrogens with two attached hydrogens (primary N) is 1. The van der Waals surface area contributed by atoms with Crippen LogP contribution in [0.3, 0.4) is 0 Å². The van der Waals surface area contributed by atoms with Crippen molar-refractivity contribution in [3.05, 3.63) is 109 Å². The molecular weight excluding hydrogens is 446 g/mol. The lowest BCUT2D eigenvalue weighted by molar-refractivity contribution is 0.597. The Morgan fingerprint density at radius 3 is 2.41 bits per heavy atom. The molecule has 0 unspecified atom stereocenters. The van der Waals surface area contributed by atoms with E-state index in [1.807, 2.05) is 54.6 Å². The smallest absolute Gasteiger partial charge is 0.239 e. The first-order valence-corrected chi connectivity index (χ1v) is 12.1. The normalized spacial score (nSPS) is 11.4. The highest BCUT2D eigenvalue weighted by atomic mass is 32.2. The van der Waals surface area contributed by atoms with Gasteiger partial charge in [-0.1, -0.05) is 36.4 Å². The van der Waals surface area contributed by atoms with E-state index in [-0.39, 0.29) is 4.90 Å². The van der Waals surface area contributed by atoms with Crippen molar-refractivity contribution in [2.75, 3.05) is 4.90 Å². The quantitative estimate of drug-likeness (QED) is 0.389. The Morgan fingerprint density at radius 2 is 1.65 bits per heavy atom. The second kappa shape index (κ2) is 9.01. The fraction of sp³-hybridized carbons (Fsp3) is 0.0385. The number of anilines is 2. The molecule has 0 aliphatic carbocycles. The van der Waals surface area contributed by atoms with Gasteiger partial charge in [0.1, 0.15) is 4.90 Å². The standard InChI is InChI=1S/C26H21N5O2S/c27-34(32,33)23-13-20(15-28-16-23)25-14-19-7-6-11-26(24(19)17-30-25)31(22-9-2-1-3-10-22)18-21-8-4-5-12-29-21/h1-17H,18H2,(H2,27,32,33). The van der Waals surface area contributed by atoms with Gasteiger partial charge in [0.05, 0.1) is 23.6 Å². The summed E-state index contributed by atoms with van der Waals surface area (Å²) in [7, 11) is -3.86. The Labute approximate surface area is 197 Å². The molecule has 5 rings (SSSR count). The van der Waals surface area contributed by atoms with Gasteiger partial charge in [-0.25, -0.2) is 13.6 Å². The summed E-state index contributed by atoms with van der Waals surface area (Å²) in [6, 6.07) is 25.5. The van der Waals surface area contributed by atoms with E-state index in [1.54, 1.807) is 18.6 Å². The molecule has 3 aromatic heterocycles. The number of pyridine rings is 3. The van der Waals surface area contributed by atoms with E-state index in [2.05, 4.69) is 38.1 Å². The molecule has 0 aliphatic rings. The number of hydrogen-bond donors (Lipinski definition) is 1. The average Bonchev–Trinajstić information content (AvgIpc) is 2.87. The van der Waals surface area contributed by atoms with E-state index in [0.29, 0.717) is 17.8 Å². The van der Waals surface area contributed by atoms with E-state index >= 15 is 0 Å². The zero-order chi connectivity index (χ0) is 23.5. The molecule has 3 heterocycles. The van der Waals surface area contributed by atoms with Crippen LogP contribution >= 0.6 is 0 Å². The van der Waals surface area contributed by atoms with Crippen molar-refractivity contribution in [1.82, 2.24) is 15.0 Å². The second-order valence-electron chi connectivity index (χ2n) is 7.76. The van der Waals surface area contributed by atoms with Crippen LogP contribution < -0.4 is 10.0 Å². The maximum absolute atomic E-state index is 11.7. The van der Waals surface area contributed by atoms with Crippen LogP contribution in [0.4, 0.5) is 11.4 Å². The second-order valence-corrected chi connectivity index (χ2v) is 9.33. The molecule has 0 amide bonds. The Morgan fingerprint density at radius 1 is 0.824 bits per heavy atom. The van der Waals surface area contributed by atoms with Gasteiger partial charge in [0.25, 0.3) is 0 Å². The highest BCUT2D eigenvalue weighted by molar-refractivity contribution is 7.89. The Bertz CT molecular complexity index is 1560. The van der Waals surface area contributed by atoms with Crippen LogP contribution in [0.2, 0.25) is 0 Å². The van der Waals surface area contributed by atoms with Gasteiger partial charge < -0.3 is 4.90 Å². The van der Waals surface area contributed by atoms with Gasteiger partial charge in [-0.15, -0.1) is 0 Å². The zero-order valence-electron chi connectivity index (χ0n) is 18.1. The van der Waals surface area contributed by atoms with Gasteiger partial charge in [-0.2, -0.15) is 0 Å². The van der Waals surface area contributed by atoms with E-state index < -0.39 is 10.0 Å². The van der Waals surface area contributed by atoms with Crippen LogP contribution in [0.5, 0.6) is 0 Å². The molecule has 7 nitrogen and oxygen atoms in total. The first-order valence-electron chi connectivity index (χ1n) is 10.6. The van der Waals surface area contributed by atoms with Crippen LogP contribution in [0.25, 0.3) is 22.0 Å². The van der Waals surface area contributed by atoms with Gasteiger partial charge in [0.15, 0.2) is 0 Å². The number of benzene rings is 2. The maximum atomic E-state index is 11.7. The van der Waals surface area contributed by atoms with E-state index in [1.165, 1.54) is 12.3 Å². The molecule has 0 aliphatic heterocycles. The number of sulfonamides is 1. The predicted molar refractivity (Wildman–Crippen MR) is 133 cm³/mol. The third-order valence-corrected chi connectivity index (χ3v) is 6.36. The number of nitrogens with zero attached hydrogens (tertiary/aromatic N) is 4. The minimum atomic E-state index is -3.86. The SMILES string of the molecule is NS(=O)(=O)c1cncc(-c2cc3cccc(N(Cc4ccccn4)c4ccccc4)c3cn2)c1. The number of primary sulfonamides is 1. The van der Waals surface area contributed by atoms with Crippen molar-refractivity contribution in [2.24, 2.45) is 5.14 Å². The summed E-state index contributed by atoms with van der Waals surface area (Å²) in [6.07, 6.45) is 6.40. The number of para-hydroxylation sites is 1. The third-order valence-electron chi connectivity index (χ3n) is 5.48. The molecule has 0 radical (unpaired) electrons. The molecule has 0 saturated heterocycles. The molecule has 2 N–H and O–H groups in total. The van der Waals surface area contributed by atoms with E-state index in [4.69, 9.17) is 5.14 Å². The fourth-order valence-electron chi connectivity index (χ4n) is 3.84. The molecule has 34 heavy (non-hydrogen) atoms. The first-order chi connectivity index (χ1) is 16.5. The monoisotopic (exact) mass is 467 g/mol. The van der Waals surface area contributed by atoms with Crippen molar-refractivity contribution < 1.29 is 8.42 Å². The molecule has 0 atom stereocenters. The summed E-state index contributed by atoms with van der Waals surface area (Å²) in [6.45, 7) is 0.589. The van der Waals surface area contributed by atoms with E-state index in [9.17, 15) is 8.42 Å². The largest absolute Gasteiger partial charge is 0.335 e. The van der Waals surface area contributed by atoms with Crippen molar-refractivity contribution in [2.45, 2.75) is 11.4 Å². The lowest BCUT2D eigenvalue weighted by Gasteiger charge is -2.26. The van der Waals surface area contributed by atoms with Crippen LogP contribution in [0, 0.1) is 0 Å². The highest BCUT2D eigenvalue weighted by Crippen LogP contribution is 2.34. The van der Waals surface area contributed by atoms with Gasteiger partial charge >= 0.3 is 0 Å². The maximum Gasteiger partial charge on any atom is 0.239 e. The minimum absolute atomic E-state index is 0.0498. The molecule has 0 saturated carbocycles. The first kappa shape index (κ1) is 21.7. The highest BCUT2D eigenvalue weighted by Gasteiger charge is 2.16. The summed E-state index contributed by atoms with van der Waals surface area (Å²) in [4.78, 5) is 15.3. The molecule has 0 spiro atoms. The van der Waals surface area contributed by atoms with Crippen LogP contribution in [0.1, 0.15) is 5.69 Å². The third kappa shape index (κ3) is 4.50. The van der Waals surface area contributed by atoms with Crippen molar-refractivity contribution in [3.8, 4) is 11.3 Å². The lowest BCUT2D eigenvalue weighted by atomic mass is 10.1. The number of rotatable bonds is 6. The van der Waals surface area contributed by atoms with E-state index in [0.717, 1.165) is 27.8 Å². The molecule has 5 aromatic rings. The fourth-order valence-corrected chi connectivity index (χ4v) is 4.34. The van der Waals surface area contributed by atoms with Crippen LogP contribution in [-0.4, -0.2) is 23.4 Å². The molecule has 168 valence electrons. The van der Waals surface area contributed by atoms with Gasteiger partial charge in [0.2, 0.25) is 10.0 Å². The molecule has 2 aromatic carbocycles. The zero-order valence-corrected chi connectivity index (χ0v) is 18.9. The summed E-state index contributed by atoms with van der Waals surface area (Å²) in [5.41, 5.74) is 4.16. The Kier molecular flexibility index (Phi) is 5.75. The predicted octanol–water partition coefficient (Wildman–Crippen LogP) is 4.68. The Balaban J connectivity index is 1.61. The van der Waals surface area contributed by atoms with Crippen LogP contribution in [-0.2, 0) is 16.6 Å². The number of aromatic nitrogens is 3. The molecule has 0 bridgehead atoms. The van der Waals surface area contributed by atoms with Gasteiger partial charge in [-0.05, 0) is 47.9 Å². The van der Waals surface area contributed by atoms with Crippen molar-refractivity contribution in [1.29, 1.82) is 0 Å². The number of hydrogen-bond acceptors (Lipinski definition) is 6. The van der Waals surface area contributed by atoms with Crippen LogP contribution in [0.15, 0.2) is 109 Å². The van der Waals surface area contributed by atoms with Crippen molar-refractivity contribution in [3.63, 3.8) is 0 Å². The summed E-state index contributed by atoms with van der Waals surface area (Å²) < 4.78 is 23.5. The van der Waals surface area contributed by atoms with Gasteiger partial charge in [-0.3, -0.25) is 15.0 Å². The Hall–Kier alpha value is -4.14. The topological polar surface area (TPSA) is 102 Å². The summed E-state index contributed by atoms with van der Waals surface area (Å²) >= 11 is 0. The number of fused-ring (bicyclic) bond motifs is 1. The molecule has 8 heteroatoms. The van der Waals surface area contributed by atoms with Gasteiger partial charge in [0, 0.05) is 41.4 Å². The molecular formula is C26H21N5O2S. The van der Waals surface area contributed by atoms with Crippen molar-refractivity contribution >= 4 is 32.2 Å². The molecule has 0 fully saturated rings. The summed E-state index contributed by atoms with van der Waals surface area (Å²) in [5, 5.41) is 7.19. The lowest BCUT2D eigenvalue weighted by Crippen LogP contribution is -2.17.